The van der Waals surface area contributed by atoms with E-state index in [9.17, 15) is 4.79 Å². The van der Waals surface area contributed by atoms with Crippen LogP contribution in [0.2, 0.25) is 5.15 Å². The Labute approximate surface area is 115 Å². The number of aromatic nitrogens is 1. The van der Waals surface area contributed by atoms with Gasteiger partial charge in [0, 0.05) is 11.8 Å². The number of carbonyl (C=O) groups is 1. The summed E-state index contributed by atoms with van der Waals surface area (Å²) < 4.78 is 5.12. The summed E-state index contributed by atoms with van der Waals surface area (Å²) in [6.45, 7) is 0.128. The number of pyridine rings is 1. The first-order valence-electron chi connectivity index (χ1n) is 5.47. The molecule has 0 unspecified atom stereocenters. The van der Waals surface area contributed by atoms with Crippen molar-refractivity contribution >= 4 is 17.6 Å². The van der Waals surface area contributed by atoms with Gasteiger partial charge in [0.2, 0.25) is 0 Å². The van der Waals surface area contributed by atoms with Crippen LogP contribution in [0.5, 0.6) is 0 Å². The Bertz CT molecular complexity index is 615. The molecule has 0 saturated heterocycles. The van der Waals surface area contributed by atoms with Crippen molar-refractivity contribution in [2.24, 2.45) is 0 Å². The Morgan fingerprint density at radius 2 is 2.00 bits per heavy atom. The van der Waals surface area contributed by atoms with Gasteiger partial charge in [-0.25, -0.2) is 9.78 Å². The van der Waals surface area contributed by atoms with Crippen LogP contribution in [-0.4, -0.2) is 11.0 Å². The van der Waals surface area contributed by atoms with E-state index in [0.29, 0.717) is 16.3 Å². The van der Waals surface area contributed by atoms with Crippen LogP contribution in [-0.2, 0) is 11.3 Å². The van der Waals surface area contributed by atoms with Gasteiger partial charge < -0.3 is 4.74 Å². The lowest BCUT2D eigenvalue weighted by molar-refractivity contribution is 0.0472. The maximum absolute atomic E-state index is 11.7. The molecule has 0 amide bonds. The van der Waals surface area contributed by atoms with Crippen molar-refractivity contribution in [2.45, 2.75) is 6.61 Å². The smallest absolute Gasteiger partial charge is 0.338 e. The zero-order valence-electron chi connectivity index (χ0n) is 9.84. The van der Waals surface area contributed by atoms with Gasteiger partial charge in [0.1, 0.15) is 11.8 Å². The molecule has 1 heterocycles. The zero-order chi connectivity index (χ0) is 13.7. The largest absolute Gasteiger partial charge is 0.457 e. The van der Waals surface area contributed by atoms with Crippen molar-refractivity contribution < 1.29 is 9.53 Å². The van der Waals surface area contributed by atoms with E-state index in [1.54, 1.807) is 42.6 Å². The van der Waals surface area contributed by atoms with Gasteiger partial charge in [-0.1, -0.05) is 17.7 Å². The molecule has 19 heavy (non-hydrogen) atoms. The summed E-state index contributed by atoms with van der Waals surface area (Å²) in [6, 6.07) is 11.6. The SMILES string of the molecule is N#Cc1ccc(C(=O)OCc2ccc(Cl)nc2)cc1. The van der Waals surface area contributed by atoms with E-state index in [1.807, 2.05) is 6.07 Å². The highest BCUT2D eigenvalue weighted by atomic mass is 35.5. The van der Waals surface area contributed by atoms with E-state index in [4.69, 9.17) is 21.6 Å². The molecule has 0 bridgehead atoms. The average molecular weight is 273 g/mol. The first kappa shape index (κ1) is 13.1. The topological polar surface area (TPSA) is 63.0 Å². The number of halogens is 1. The number of benzene rings is 1. The molecule has 5 heteroatoms. The van der Waals surface area contributed by atoms with Crippen molar-refractivity contribution in [3.63, 3.8) is 0 Å². The van der Waals surface area contributed by atoms with Crippen LogP contribution in [0.15, 0.2) is 42.6 Å². The number of nitriles is 1. The fourth-order valence-electron chi connectivity index (χ4n) is 1.40. The number of esters is 1. The third kappa shape index (κ3) is 3.54. The molecule has 0 aliphatic carbocycles. The highest BCUT2D eigenvalue weighted by molar-refractivity contribution is 6.29. The summed E-state index contributed by atoms with van der Waals surface area (Å²) in [7, 11) is 0. The third-order valence-corrected chi connectivity index (χ3v) is 2.63. The Morgan fingerprint density at radius 3 is 2.58 bits per heavy atom. The fraction of sp³-hybridized carbons (Fsp3) is 0.0714. The van der Waals surface area contributed by atoms with Gasteiger partial charge in [-0.3, -0.25) is 0 Å². The lowest BCUT2D eigenvalue weighted by Crippen LogP contribution is -2.05. The monoisotopic (exact) mass is 272 g/mol. The summed E-state index contributed by atoms with van der Waals surface area (Å²) in [6.07, 6.45) is 1.55. The Kier molecular flexibility index (Phi) is 4.11. The molecule has 0 spiro atoms. The quantitative estimate of drug-likeness (QED) is 0.636. The highest BCUT2D eigenvalue weighted by Crippen LogP contribution is 2.09. The van der Waals surface area contributed by atoms with Gasteiger partial charge in [-0.15, -0.1) is 0 Å². The minimum Gasteiger partial charge on any atom is -0.457 e. The predicted octanol–water partition coefficient (Wildman–Crippen LogP) is 2.96. The molecule has 2 aromatic rings. The lowest BCUT2D eigenvalue weighted by atomic mass is 10.1. The standard InChI is InChI=1S/C14H9ClN2O2/c15-13-6-3-11(8-17-13)9-19-14(18)12-4-1-10(7-16)2-5-12/h1-6,8H,9H2. The molecular formula is C14H9ClN2O2. The van der Waals surface area contributed by atoms with Crippen LogP contribution in [0, 0.1) is 11.3 Å². The van der Waals surface area contributed by atoms with Crippen LogP contribution in [0.25, 0.3) is 0 Å². The molecule has 1 aromatic heterocycles. The molecule has 0 atom stereocenters. The van der Waals surface area contributed by atoms with Crippen molar-refractivity contribution in [1.82, 2.24) is 4.98 Å². The summed E-state index contributed by atoms with van der Waals surface area (Å²) in [5.41, 5.74) is 1.66. The predicted molar refractivity (Wildman–Crippen MR) is 69.5 cm³/mol. The molecule has 4 nitrogen and oxygen atoms in total. The van der Waals surface area contributed by atoms with Gasteiger partial charge in [0.15, 0.2) is 0 Å². The second kappa shape index (κ2) is 5.98. The number of hydrogen-bond donors (Lipinski definition) is 0. The molecule has 2 rings (SSSR count). The second-order valence-corrected chi connectivity index (χ2v) is 4.14. The Morgan fingerprint density at radius 1 is 1.26 bits per heavy atom. The first-order chi connectivity index (χ1) is 9.19. The summed E-state index contributed by atoms with van der Waals surface area (Å²) in [5, 5.41) is 9.05. The van der Waals surface area contributed by atoms with Crippen molar-refractivity contribution in [2.75, 3.05) is 0 Å². The van der Waals surface area contributed by atoms with Crippen LogP contribution < -0.4 is 0 Å². The minimum atomic E-state index is -0.445. The molecular weight excluding hydrogens is 264 g/mol. The first-order valence-corrected chi connectivity index (χ1v) is 5.84. The van der Waals surface area contributed by atoms with Gasteiger partial charge in [-0.05, 0) is 30.3 Å². The van der Waals surface area contributed by atoms with Crippen LogP contribution >= 0.6 is 11.6 Å². The van der Waals surface area contributed by atoms with E-state index in [0.717, 1.165) is 5.56 Å². The maximum Gasteiger partial charge on any atom is 0.338 e. The van der Waals surface area contributed by atoms with Gasteiger partial charge in [0.05, 0.1) is 17.2 Å². The minimum absolute atomic E-state index is 0.128. The van der Waals surface area contributed by atoms with Crippen LogP contribution in [0.1, 0.15) is 21.5 Å². The number of hydrogen-bond acceptors (Lipinski definition) is 4. The molecule has 0 radical (unpaired) electrons. The number of carbonyl (C=O) groups excluding carboxylic acids is 1. The Balaban J connectivity index is 1.97. The zero-order valence-corrected chi connectivity index (χ0v) is 10.6. The van der Waals surface area contributed by atoms with E-state index in [1.165, 1.54) is 0 Å². The van der Waals surface area contributed by atoms with Crippen molar-refractivity contribution in [3.05, 3.63) is 64.4 Å². The van der Waals surface area contributed by atoms with E-state index in [-0.39, 0.29) is 6.61 Å². The van der Waals surface area contributed by atoms with Gasteiger partial charge in [0.25, 0.3) is 0 Å². The summed E-state index contributed by atoms with van der Waals surface area (Å²) in [4.78, 5) is 15.6. The fourth-order valence-corrected chi connectivity index (χ4v) is 1.52. The van der Waals surface area contributed by atoms with E-state index < -0.39 is 5.97 Å². The second-order valence-electron chi connectivity index (χ2n) is 3.75. The third-order valence-electron chi connectivity index (χ3n) is 2.41. The average Bonchev–Trinajstić information content (AvgIpc) is 2.46. The Hall–Kier alpha value is -2.38. The molecule has 1 aromatic carbocycles. The molecule has 0 aliphatic rings. The van der Waals surface area contributed by atoms with Crippen LogP contribution in [0.4, 0.5) is 0 Å². The summed E-state index contributed by atoms with van der Waals surface area (Å²) >= 11 is 5.65. The normalized spacial score (nSPS) is 9.68. The van der Waals surface area contributed by atoms with Gasteiger partial charge in [-0.2, -0.15) is 5.26 Å². The summed E-state index contributed by atoms with van der Waals surface area (Å²) in [5.74, 6) is -0.445. The molecule has 0 fully saturated rings. The van der Waals surface area contributed by atoms with E-state index >= 15 is 0 Å². The van der Waals surface area contributed by atoms with Crippen LogP contribution in [0.3, 0.4) is 0 Å². The highest BCUT2D eigenvalue weighted by Gasteiger charge is 2.07. The van der Waals surface area contributed by atoms with Crippen molar-refractivity contribution in [3.8, 4) is 6.07 Å². The molecule has 94 valence electrons. The molecule has 0 aliphatic heterocycles. The molecule has 0 N–H and O–H groups in total. The lowest BCUT2D eigenvalue weighted by Gasteiger charge is -2.04. The number of rotatable bonds is 3. The molecule has 0 saturated carbocycles. The number of nitrogens with zero attached hydrogens (tertiary/aromatic N) is 2. The number of ether oxygens (including phenoxy) is 1. The van der Waals surface area contributed by atoms with Crippen molar-refractivity contribution in [1.29, 1.82) is 5.26 Å². The van der Waals surface area contributed by atoms with Gasteiger partial charge >= 0.3 is 5.97 Å². The maximum atomic E-state index is 11.7. The van der Waals surface area contributed by atoms with E-state index in [2.05, 4.69) is 4.98 Å².